The molecule has 16 heavy (non-hydrogen) atoms. The van der Waals surface area contributed by atoms with E-state index in [1.54, 1.807) is 12.5 Å². The number of hydrogen-bond acceptors (Lipinski definition) is 3. The molecule has 0 aromatic carbocycles. The molecule has 2 heterocycles. The number of anilines is 1. The highest BCUT2D eigenvalue weighted by atomic mass is 79.9. The summed E-state index contributed by atoms with van der Waals surface area (Å²) in [6, 6.07) is 5.62. The van der Waals surface area contributed by atoms with Crippen molar-refractivity contribution in [2.75, 3.05) is 11.9 Å². The largest absolute Gasteiger partial charge is 0.467 e. The maximum Gasteiger partial charge on any atom is 0.143 e. The molecular weight excluding hydrogens is 291 g/mol. The first kappa shape index (κ1) is 11.5. The third-order valence-electron chi connectivity index (χ3n) is 2.12. The average Bonchev–Trinajstić information content (AvgIpc) is 2.70. The van der Waals surface area contributed by atoms with Gasteiger partial charge in [0.05, 0.1) is 22.3 Å². The van der Waals surface area contributed by atoms with Crippen LogP contribution in [-0.2, 0) is 6.54 Å². The number of aromatic nitrogens is 1. The molecule has 0 amide bonds. The zero-order valence-electron chi connectivity index (χ0n) is 8.65. The van der Waals surface area contributed by atoms with Crippen molar-refractivity contribution >= 4 is 33.3 Å². The molecule has 2 aromatic heterocycles. The SMILES string of the molecule is CN(Cc1ccco1)c1ncc(Cl)cc1Br. The van der Waals surface area contributed by atoms with Crippen LogP contribution >= 0.6 is 27.5 Å². The summed E-state index contributed by atoms with van der Waals surface area (Å²) in [6.07, 6.45) is 3.29. The van der Waals surface area contributed by atoms with E-state index in [-0.39, 0.29) is 0 Å². The summed E-state index contributed by atoms with van der Waals surface area (Å²) < 4.78 is 6.15. The molecule has 2 rings (SSSR count). The summed E-state index contributed by atoms with van der Waals surface area (Å²) in [7, 11) is 1.95. The molecule has 0 saturated carbocycles. The summed E-state index contributed by atoms with van der Waals surface area (Å²) >= 11 is 9.27. The first-order valence-corrected chi connectivity index (χ1v) is 5.88. The second-order valence-electron chi connectivity index (χ2n) is 3.39. The van der Waals surface area contributed by atoms with Crippen molar-refractivity contribution in [3.8, 4) is 0 Å². The van der Waals surface area contributed by atoms with Crippen LogP contribution in [0.25, 0.3) is 0 Å². The van der Waals surface area contributed by atoms with Crippen LogP contribution in [0.2, 0.25) is 5.02 Å². The molecule has 0 bridgehead atoms. The Morgan fingerprint density at radius 3 is 3.00 bits per heavy atom. The van der Waals surface area contributed by atoms with Crippen molar-refractivity contribution in [2.24, 2.45) is 0 Å². The number of halogens is 2. The minimum absolute atomic E-state index is 0.613. The van der Waals surface area contributed by atoms with Gasteiger partial charge in [-0.25, -0.2) is 4.98 Å². The maximum absolute atomic E-state index is 5.83. The highest BCUT2D eigenvalue weighted by molar-refractivity contribution is 9.10. The minimum atomic E-state index is 0.613. The molecule has 0 aliphatic heterocycles. The Morgan fingerprint density at radius 2 is 2.38 bits per heavy atom. The van der Waals surface area contributed by atoms with Crippen molar-refractivity contribution in [1.82, 2.24) is 4.98 Å². The molecular formula is C11H10BrClN2O. The zero-order valence-corrected chi connectivity index (χ0v) is 11.0. The highest BCUT2D eigenvalue weighted by Crippen LogP contribution is 2.26. The van der Waals surface area contributed by atoms with Gasteiger partial charge in [-0.1, -0.05) is 11.6 Å². The Balaban J connectivity index is 2.17. The standard InChI is InChI=1S/C11H10BrClN2O/c1-15(7-9-3-2-4-16-9)11-10(12)5-8(13)6-14-11/h2-6H,7H2,1H3. The topological polar surface area (TPSA) is 29.3 Å². The van der Waals surface area contributed by atoms with Crippen molar-refractivity contribution < 1.29 is 4.42 Å². The quantitative estimate of drug-likeness (QED) is 0.865. The third kappa shape index (κ3) is 2.57. The molecule has 5 heteroatoms. The van der Waals surface area contributed by atoms with Crippen molar-refractivity contribution in [1.29, 1.82) is 0 Å². The Hall–Kier alpha value is -1.00. The monoisotopic (exact) mass is 300 g/mol. The summed E-state index contributed by atoms with van der Waals surface area (Å²) in [6.45, 7) is 0.667. The molecule has 0 fully saturated rings. The highest BCUT2D eigenvalue weighted by Gasteiger charge is 2.09. The van der Waals surface area contributed by atoms with Gasteiger partial charge in [0.1, 0.15) is 11.6 Å². The molecule has 0 aliphatic rings. The molecule has 0 spiro atoms. The van der Waals surface area contributed by atoms with Crippen LogP contribution in [0.4, 0.5) is 5.82 Å². The van der Waals surface area contributed by atoms with Gasteiger partial charge < -0.3 is 9.32 Å². The summed E-state index contributed by atoms with van der Waals surface area (Å²) in [4.78, 5) is 6.25. The Bertz CT molecular complexity index is 473. The Morgan fingerprint density at radius 1 is 1.56 bits per heavy atom. The van der Waals surface area contributed by atoms with Crippen LogP contribution in [0.5, 0.6) is 0 Å². The van der Waals surface area contributed by atoms with Crippen LogP contribution in [0.1, 0.15) is 5.76 Å². The third-order valence-corrected chi connectivity index (χ3v) is 2.91. The summed E-state index contributed by atoms with van der Waals surface area (Å²) in [5.74, 6) is 1.73. The fourth-order valence-electron chi connectivity index (χ4n) is 1.40. The lowest BCUT2D eigenvalue weighted by molar-refractivity contribution is 0.507. The molecule has 0 unspecified atom stereocenters. The van der Waals surface area contributed by atoms with E-state index >= 15 is 0 Å². The van der Waals surface area contributed by atoms with Gasteiger partial charge >= 0.3 is 0 Å². The molecule has 0 radical (unpaired) electrons. The lowest BCUT2D eigenvalue weighted by Crippen LogP contribution is -2.17. The van der Waals surface area contributed by atoms with Gasteiger partial charge in [-0.2, -0.15) is 0 Å². The van der Waals surface area contributed by atoms with Crippen molar-refractivity contribution in [3.05, 3.63) is 45.9 Å². The zero-order chi connectivity index (χ0) is 11.5. The van der Waals surface area contributed by atoms with Crippen LogP contribution < -0.4 is 4.90 Å². The second kappa shape index (κ2) is 4.89. The molecule has 0 aliphatic carbocycles. The molecule has 0 N–H and O–H groups in total. The summed E-state index contributed by atoms with van der Waals surface area (Å²) in [5.41, 5.74) is 0. The molecule has 2 aromatic rings. The van der Waals surface area contributed by atoms with E-state index in [4.69, 9.17) is 16.0 Å². The van der Waals surface area contributed by atoms with Gasteiger partial charge in [0.15, 0.2) is 0 Å². The minimum Gasteiger partial charge on any atom is -0.467 e. The Labute approximate surface area is 107 Å². The van der Waals surface area contributed by atoms with Crippen LogP contribution in [0.3, 0.4) is 0 Å². The fraction of sp³-hybridized carbons (Fsp3) is 0.182. The van der Waals surface area contributed by atoms with E-state index < -0.39 is 0 Å². The molecule has 0 saturated heterocycles. The number of pyridine rings is 1. The number of nitrogens with zero attached hydrogens (tertiary/aromatic N) is 2. The lowest BCUT2D eigenvalue weighted by Gasteiger charge is -2.18. The average molecular weight is 302 g/mol. The predicted molar refractivity (Wildman–Crippen MR) is 67.8 cm³/mol. The van der Waals surface area contributed by atoms with E-state index in [9.17, 15) is 0 Å². The van der Waals surface area contributed by atoms with Crippen LogP contribution in [0, 0.1) is 0 Å². The second-order valence-corrected chi connectivity index (χ2v) is 4.69. The van der Waals surface area contributed by atoms with Crippen LogP contribution in [0.15, 0.2) is 39.5 Å². The van der Waals surface area contributed by atoms with Gasteiger partial charge in [0.2, 0.25) is 0 Å². The number of furan rings is 1. The van der Waals surface area contributed by atoms with Gasteiger partial charge in [0, 0.05) is 13.2 Å². The number of hydrogen-bond donors (Lipinski definition) is 0. The normalized spacial score (nSPS) is 10.4. The van der Waals surface area contributed by atoms with Crippen molar-refractivity contribution in [2.45, 2.75) is 6.54 Å². The van der Waals surface area contributed by atoms with Gasteiger partial charge in [-0.05, 0) is 34.1 Å². The van der Waals surface area contributed by atoms with Crippen LogP contribution in [-0.4, -0.2) is 12.0 Å². The lowest BCUT2D eigenvalue weighted by atomic mass is 10.4. The molecule has 84 valence electrons. The smallest absolute Gasteiger partial charge is 0.143 e. The van der Waals surface area contributed by atoms with E-state index in [2.05, 4.69) is 20.9 Å². The fourth-order valence-corrected chi connectivity index (χ4v) is 2.34. The first-order chi connectivity index (χ1) is 7.66. The maximum atomic E-state index is 5.83. The predicted octanol–water partition coefficient (Wildman–Crippen LogP) is 3.73. The van der Waals surface area contributed by atoms with Crippen molar-refractivity contribution in [3.63, 3.8) is 0 Å². The molecule has 0 atom stereocenters. The van der Waals surface area contributed by atoms with E-state index in [1.165, 1.54) is 0 Å². The first-order valence-electron chi connectivity index (χ1n) is 4.71. The van der Waals surface area contributed by atoms with Gasteiger partial charge in [-0.3, -0.25) is 0 Å². The summed E-state index contributed by atoms with van der Waals surface area (Å²) in [5, 5.41) is 0.613. The van der Waals surface area contributed by atoms with E-state index in [1.807, 2.05) is 30.1 Å². The van der Waals surface area contributed by atoms with E-state index in [0.29, 0.717) is 11.6 Å². The van der Waals surface area contributed by atoms with Gasteiger partial charge in [-0.15, -0.1) is 0 Å². The van der Waals surface area contributed by atoms with E-state index in [0.717, 1.165) is 16.1 Å². The Kier molecular flexibility index (Phi) is 3.51. The number of rotatable bonds is 3. The molecule has 3 nitrogen and oxygen atoms in total. The van der Waals surface area contributed by atoms with Gasteiger partial charge in [0.25, 0.3) is 0 Å².